The third-order valence-corrected chi connectivity index (χ3v) is 5.04. The summed E-state index contributed by atoms with van der Waals surface area (Å²) < 4.78 is 34.1. The number of nitrogens with zero attached hydrogens (tertiary/aromatic N) is 1. The fraction of sp³-hybridized carbons (Fsp3) is 0.615. The molecule has 0 saturated carbocycles. The van der Waals surface area contributed by atoms with Gasteiger partial charge in [0.25, 0.3) is 0 Å². The molecule has 1 aliphatic rings. The molecule has 0 aliphatic carbocycles. The van der Waals surface area contributed by atoms with E-state index in [0.29, 0.717) is 26.0 Å². The highest BCUT2D eigenvalue weighted by atomic mass is 32.2. The Balaban J connectivity index is 2.21. The van der Waals surface area contributed by atoms with Crippen LogP contribution in [0, 0.1) is 0 Å². The Morgan fingerprint density at radius 2 is 2.29 bits per heavy atom. The number of hydrogen-bond donors (Lipinski definition) is 2. The third-order valence-electron chi connectivity index (χ3n) is 3.55. The van der Waals surface area contributed by atoms with E-state index in [4.69, 9.17) is 9.84 Å². The van der Waals surface area contributed by atoms with Crippen LogP contribution in [0.4, 0.5) is 0 Å². The van der Waals surface area contributed by atoms with Gasteiger partial charge >= 0.3 is 5.97 Å². The highest BCUT2D eigenvalue weighted by molar-refractivity contribution is 7.89. The number of sulfonamides is 1. The maximum Gasteiger partial charge on any atom is 0.352 e. The van der Waals surface area contributed by atoms with Gasteiger partial charge in [0.1, 0.15) is 10.6 Å². The van der Waals surface area contributed by atoms with E-state index >= 15 is 0 Å². The van der Waals surface area contributed by atoms with Gasteiger partial charge in [0.05, 0.1) is 6.10 Å². The van der Waals surface area contributed by atoms with Crippen molar-refractivity contribution in [1.82, 2.24) is 9.29 Å². The molecule has 2 atom stereocenters. The van der Waals surface area contributed by atoms with Gasteiger partial charge in [-0.25, -0.2) is 17.9 Å². The molecule has 2 N–H and O–H groups in total. The predicted octanol–water partition coefficient (Wildman–Crippen LogP) is 1.05. The van der Waals surface area contributed by atoms with Gasteiger partial charge in [0, 0.05) is 25.4 Å². The van der Waals surface area contributed by atoms with Crippen LogP contribution in [0.25, 0.3) is 0 Å². The first kappa shape index (κ1) is 16.0. The predicted molar refractivity (Wildman–Crippen MR) is 75.8 cm³/mol. The lowest BCUT2D eigenvalue weighted by molar-refractivity contribution is 0.0173. The summed E-state index contributed by atoms with van der Waals surface area (Å²) in [6.07, 6.45) is 2.60. The van der Waals surface area contributed by atoms with Crippen LogP contribution in [0.3, 0.4) is 0 Å². The lowest BCUT2D eigenvalue weighted by Crippen LogP contribution is -2.41. The summed E-state index contributed by atoms with van der Waals surface area (Å²) in [6.45, 7) is 4.57. The van der Waals surface area contributed by atoms with Crippen molar-refractivity contribution in [2.45, 2.75) is 50.3 Å². The molecular weight excluding hydrogens is 296 g/mol. The average Bonchev–Trinajstić information content (AvgIpc) is 2.83. The van der Waals surface area contributed by atoms with Gasteiger partial charge in [-0.15, -0.1) is 0 Å². The molecule has 7 nitrogen and oxygen atoms in total. The molecule has 0 aromatic carbocycles. The average molecular weight is 316 g/mol. The summed E-state index contributed by atoms with van der Waals surface area (Å²) >= 11 is 0. The Morgan fingerprint density at radius 3 is 2.81 bits per heavy atom. The van der Waals surface area contributed by atoms with E-state index in [1.165, 1.54) is 16.8 Å². The normalized spacial score (nSPS) is 23.1. The third kappa shape index (κ3) is 3.63. The molecule has 0 bridgehead atoms. The van der Waals surface area contributed by atoms with Gasteiger partial charge < -0.3 is 14.4 Å². The number of aromatic carboxylic acids is 1. The van der Waals surface area contributed by atoms with E-state index in [2.05, 4.69) is 4.72 Å². The summed E-state index contributed by atoms with van der Waals surface area (Å²) in [4.78, 5) is 11.1. The van der Waals surface area contributed by atoms with Crippen LogP contribution in [0.2, 0.25) is 0 Å². The maximum atomic E-state index is 12.4. The molecule has 8 heteroatoms. The molecule has 2 unspecified atom stereocenters. The summed E-state index contributed by atoms with van der Waals surface area (Å²) in [5.41, 5.74) is -0.0294. The number of carboxylic acids is 1. The van der Waals surface area contributed by atoms with Crippen LogP contribution in [0.1, 0.15) is 37.2 Å². The van der Waals surface area contributed by atoms with Crippen molar-refractivity contribution in [1.29, 1.82) is 0 Å². The summed E-state index contributed by atoms with van der Waals surface area (Å²) in [6, 6.07) is 1.01. The van der Waals surface area contributed by atoms with Gasteiger partial charge in [-0.05, 0) is 32.8 Å². The molecule has 1 aromatic heterocycles. The number of rotatable bonds is 5. The van der Waals surface area contributed by atoms with Crippen molar-refractivity contribution >= 4 is 16.0 Å². The SMILES string of the molecule is CCn1cc(S(=O)(=O)NC2CCOC(C)C2)cc1C(=O)O. The second-order valence-electron chi connectivity index (χ2n) is 5.18. The maximum absolute atomic E-state index is 12.4. The lowest BCUT2D eigenvalue weighted by atomic mass is 10.1. The van der Waals surface area contributed by atoms with E-state index < -0.39 is 16.0 Å². The van der Waals surface area contributed by atoms with E-state index in [-0.39, 0.29) is 22.7 Å². The van der Waals surface area contributed by atoms with E-state index in [1.54, 1.807) is 6.92 Å². The molecule has 0 radical (unpaired) electrons. The van der Waals surface area contributed by atoms with Crippen molar-refractivity contribution in [2.75, 3.05) is 6.61 Å². The van der Waals surface area contributed by atoms with Crippen LogP contribution in [0.5, 0.6) is 0 Å². The van der Waals surface area contributed by atoms with Crippen LogP contribution in [0.15, 0.2) is 17.2 Å². The lowest BCUT2D eigenvalue weighted by Gasteiger charge is -2.27. The molecule has 0 amide bonds. The van der Waals surface area contributed by atoms with Crippen molar-refractivity contribution in [3.63, 3.8) is 0 Å². The molecule has 1 fully saturated rings. The molecule has 118 valence electrons. The first-order valence-electron chi connectivity index (χ1n) is 6.91. The topological polar surface area (TPSA) is 97.6 Å². The highest BCUT2D eigenvalue weighted by Gasteiger charge is 2.27. The molecule has 2 heterocycles. The van der Waals surface area contributed by atoms with Gasteiger partial charge in [-0.1, -0.05) is 0 Å². The minimum atomic E-state index is -3.72. The zero-order valence-corrected chi connectivity index (χ0v) is 12.9. The van der Waals surface area contributed by atoms with Crippen LogP contribution >= 0.6 is 0 Å². The van der Waals surface area contributed by atoms with Gasteiger partial charge in [0.2, 0.25) is 10.0 Å². The number of aromatic nitrogens is 1. The Morgan fingerprint density at radius 1 is 1.57 bits per heavy atom. The minimum Gasteiger partial charge on any atom is -0.477 e. The summed E-state index contributed by atoms with van der Waals surface area (Å²) in [5.74, 6) is -1.14. The van der Waals surface area contributed by atoms with Crippen molar-refractivity contribution < 1.29 is 23.1 Å². The van der Waals surface area contributed by atoms with Gasteiger partial charge in [-0.2, -0.15) is 0 Å². The second-order valence-corrected chi connectivity index (χ2v) is 6.89. The van der Waals surface area contributed by atoms with Crippen molar-refractivity contribution in [2.24, 2.45) is 0 Å². The summed E-state index contributed by atoms with van der Waals surface area (Å²) in [7, 11) is -3.72. The first-order chi connectivity index (χ1) is 9.83. The standard InChI is InChI=1S/C13H20N2O5S/c1-3-15-8-11(7-12(15)13(16)17)21(18,19)14-10-4-5-20-9(2)6-10/h7-10,14H,3-6H2,1-2H3,(H,16,17). The number of carbonyl (C=O) groups is 1. The Kier molecular flexibility index (Phi) is 4.70. The van der Waals surface area contributed by atoms with Crippen molar-refractivity contribution in [3.05, 3.63) is 18.0 Å². The first-order valence-corrected chi connectivity index (χ1v) is 8.39. The monoisotopic (exact) mass is 316 g/mol. The summed E-state index contributed by atoms with van der Waals surface area (Å²) in [5, 5.41) is 9.08. The number of nitrogens with one attached hydrogen (secondary N) is 1. The zero-order chi connectivity index (χ0) is 15.6. The van der Waals surface area contributed by atoms with Gasteiger partial charge in [0.15, 0.2) is 0 Å². The number of hydrogen-bond acceptors (Lipinski definition) is 4. The smallest absolute Gasteiger partial charge is 0.352 e. The van der Waals surface area contributed by atoms with Crippen molar-refractivity contribution in [3.8, 4) is 0 Å². The van der Waals surface area contributed by atoms with Crippen LogP contribution in [-0.2, 0) is 21.3 Å². The van der Waals surface area contributed by atoms with E-state index in [9.17, 15) is 13.2 Å². The fourth-order valence-corrected chi connectivity index (χ4v) is 3.79. The fourth-order valence-electron chi connectivity index (χ4n) is 2.46. The van der Waals surface area contributed by atoms with E-state index in [0.717, 1.165) is 0 Å². The number of carboxylic acid groups (broad SMARTS) is 1. The zero-order valence-electron chi connectivity index (χ0n) is 12.1. The number of aryl methyl sites for hydroxylation is 1. The Bertz CT molecular complexity index is 623. The van der Waals surface area contributed by atoms with E-state index in [1.807, 2.05) is 6.92 Å². The quantitative estimate of drug-likeness (QED) is 0.846. The van der Waals surface area contributed by atoms with Crippen LogP contribution < -0.4 is 4.72 Å². The largest absolute Gasteiger partial charge is 0.477 e. The number of ether oxygens (including phenoxy) is 1. The second kappa shape index (κ2) is 6.17. The molecule has 1 aliphatic heterocycles. The Hall–Kier alpha value is -1.38. The molecular formula is C13H20N2O5S. The molecule has 2 rings (SSSR count). The molecule has 21 heavy (non-hydrogen) atoms. The Labute approximate surface area is 124 Å². The molecule has 0 spiro atoms. The van der Waals surface area contributed by atoms with Gasteiger partial charge in [-0.3, -0.25) is 0 Å². The molecule has 1 saturated heterocycles. The van der Waals surface area contributed by atoms with Crippen LogP contribution in [-0.4, -0.2) is 42.8 Å². The molecule has 1 aromatic rings. The highest BCUT2D eigenvalue weighted by Crippen LogP contribution is 2.19. The minimum absolute atomic E-state index is 0.0131.